The van der Waals surface area contributed by atoms with Gasteiger partial charge in [-0.15, -0.1) is 0 Å². The van der Waals surface area contributed by atoms with Crippen LogP contribution in [0.1, 0.15) is 0 Å². The zero-order valence-corrected chi connectivity index (χ0v) is 40.5. The van der Waals surface area contributed by atoms with Gasteiger partial charge in [0.2, 0.25) is 0 Å². The fraction of sp³-hybridized carbons (Fsp3) is 0. The second kappa shape index (κ2) is 18.5. The fourth-order valence-electron chi connectivity index (χ4n) is 10.4. The van der Waals surface area contributed by atoms with Crippen LogP contribution >= 0.6 is 0 Å². The molecule has 0 fully saturated rings. The first-order chi connectivity index (χ1) is 37.1. The van der Waals surface area contributed by atoms with E-state index in [2.05, 4.69) is 241 Å². The summed E-state index contributed by atoms with van der Waals surface area (Å²) in [4.78, 5) is 18.3. The van der Waals surface area contributed by atoms with Crippen LogP contribution in [0.15, 0.2) is 276 Å². The van der Waals surface area contributed by atoms with E-state index in [1.54, 1.807) is 0 Å². The van der Waals surface area contributed by atoms with E-state index in [1.165, 1.54) is 0 Å². The second-order valence-electron chi connectivity index (χ2n) is 18.7. The SMILES string of the molecule is c1ccc(-c2ccc(-c3nc(-c4ccc(-c5ccccc5)cc4)nc(-c4cc(-c5ccccc5)c(N(c5ccccc5)c5ccc6c(c5)oc5cc7oc8ccccc8c7cc56)c(-c5ccccc5)c4)n3)cc2)cc1. The average Bonchev–Trinajstić information content (AvgIpc) is 4.06. The molecule has 0 aliphatic rings. The van der Waals surface area contributed by atoms with Crippen LogP contribution in [0.25, 0.3) is 123 Å². The minimum Gasteiger partial charge on any atom is -0.456 e. The van der Waals surface area contributed by atoms with Crippen molar-refractivity contribution in [2.75, 3.05) is 4.90 Å². The van der Waals surface area contributed by atoms with E-state index in [4.69, 9.17) is 23.8 Å². The molecule has 3 aromatic heterocycles. The van der Waals surface area contributed by atoms with Crippen molar-refractivity contribution in [1.29, 1.82) is 0 Å². The Morgan fingerprint density at radius 2 is 0.627 bits per heavy atom. The number of furan rings is 2. The van der Waals surface area contributed by atoms with Gasteiger partial charge in [0.05, 0.1) is 5.69 Å². The van der Waals surface area contributed by atoms with Gasteiger partial charge in [-0.1, -0.05) is 206 Å². The Kier molecular flexibility index (Phi) is 10.7. The van der Waals surface area contributed by atoms with Gasteiger partial charge < -0.3 is 13.7 Å². The normalized spacial score (nSPS) is 11.5. The van der Waals surface area contributed by atoms with Crippen LogP contribution in [0, 0.1) is 0 Å². The third-order valence-electron chi connectivity index (χ3n) is 14.1. The van der Waals surface area contributed by atoms with E-state index in [-0.39, 0.29) is 0 Å². The van der Waals surface area contributed by atoms with Gasteiger partial charge in [0.1, 0.15) is 22.3 Å². The molecular weight excluding hydrogens is 917 g/mol. The van der Waals surface area contributed by atoms with Crippen LogP contribution in [0.2, 0.25) is 0 Å². The Hall–Kier alpha value is -10.2. The molecule has 0 spiro atoms. The lowest BCUT2D eigenvalue weighted by molar-refractivity contribution is 0.656. The lowest BCUT2D eigenvalue weighted by atomic mass is 9.91. The van der Waals surface area contributed by atoms with Crippen molar-refractivity contribution in [3.8, 4) is 78.7 Å². The molecule has 6 heteroatoms. The van der Waals surface area contributed by atoms with E-state index in [0.29, 0.717) is 17.5 Å². The molecule has 11 aromatic carbocycles. The predicted octanol–water partition coefficient (Wildman–Crippen LogP) is 18.8. The van der Waals surface area contributed by atoms with Crippen molar-refractivity contribution in [3.05, 3.63) is 267 Å². The van der Waals surface area contributed by atoms with Crippen molar-refractivity contribution in [3.63, 3.8) is 0 Å². The van der Waals surface area contributed by atoms with Crippen LogP contribution in [-0.2, 0) is 0 Å². The molecule has 6 nitrogen and oxygen atoms in total. The first kappa shape index (κ1) is 43.6. The minimum atomic E-state index is 0.559. The van der Waals surface area contributed by atoms with E-state index in [9.17, 15) is 0 Å². The highest BCUT2D eigenvalue weighted by Crippen LogP contribution is 2.50. The lowest BCUT2D eigenvalue weighted by Gasteiger charge is -2.31. The summed E-state index contributed by atoms with van der Waals surface area (Å²) < 4.78 is 13.1. The Morgan fingerprint density at radius 3 is 1.15 bits per heavy atom. The maximum Gasteiger partial charge on any atom is 0.164 e. The van der Waals surface area contributed by atoms with Gasteiger partial charge in [-0.2, -0.15) is 0 Å². The number of hydrogen-bond donors (Lipinski definition) is 0. The molecule has 0 aliphatic heterocycles. The molecule has 352 valence electrons. The van der Waals surface area contributed by atoms with Gasteiger partial charge in [-0.25, -0.2) is 15.0 Å². The number of anilines is 3. The van der Waals surface area contributed by atoms with E-state index in [1.807, 2.05) is 30.3 Å². The summed E-state index contributed by atoms with van der Waals surface area (Å²) in [6.07, 6.45) is 0. The van der Waals surface area contributed by atoms with Gasteiger partial charge in [-0.05, 0) is 81.9 Å². The highest BCUT2D eigenvalue weighted by atomic mass is 16.3. The van der Waals surface area contributed by atoms with Crippen molar-refractivity contribution >= 4 is 60.9 Å². The van der Waals surface area contributed by atoms with Crippen molar-refractivity contribution in [2.45, 2.75) is 0 Å². The van der Waals surface area contributed by atoms with E-state index >= 15 is 0 Å². The number of hydrogen-bond acceptors (Lipinski definition) is 6. The smallest absolute Gasteiger partial charge is 0.164 e. The maximum atomic E-state index is 6.77. The molecular formula is C69H44N4O2. The van der Waals surface area contributed by atoms with Crippen LogP contribution < -0.4 is 4.90 Å². The topological polar surface area (TPSA) is 68.2 Å². The Labute approximate surface area is 433 Å². The van der Waals surface area contributed by atoms with E-state index < -0.39 is 0 Å². The Bertz CT molecular complexity index is 4210. The molecule has 0 atom stereocenters. The summed E-state index contributed by atoms with van der Waals surface area (Å²) in [6, 6.07) is 93.0. The highest BCUT2D eigenvalue weighted by molar-refractivity contribution is 6.15. The van der Waals surface area contributed by atoms with Crippen LogP contribution in [0.4, 0.5) is 17.1 Å². The molecule has 14 aromatic rings. The maximum absolute atomic E-state index is 6.77. The van der Waals surface area contributed by atoms with Gasteiger partial charge >= 0.3 is 0 Å². The molecule has 0 unspecified atom stereocenters. The largest absolute Gasteiger partial charge is 0.456 e. The van der Waals surface area contributed by atoms with Gasteiger partial charge in [0, 0.05) is 72.9 Å². The second-order valence-corrected chi connectivity index (χ2v) is 18.7. The van der Waals surface area contributed by atoms with Crippen LogP contribution in [0.3, 0.4) is 0 Å². The number of fused-ring (bicyclic) bond motifs is 6. The summed E-state index contributed by atoms with van der Waals surface area (Å²) in [5.41, 5.74) is 17.3. The Balaban J connectivity index is 0.983. The van der Waals surface area contributed by atoms with Crippen LogP contribution in [0.5, 0.6) is 0 Å². The quantitative estimate of drug-likeness (QED) is 0.136. The summed E-state index contributed by atoms with van der Waals surface area (Å²) in [6.45, 7) is 0. The first-order valence-electron chi connectivity index (χ1n) is 25.1. The van der Waals surface area contributed by atoms with E-state index in [0.717, 1.165) is 122 Å². The molecule has 0 bridgehead atoms. The summed E-state index contributed by atoms with van der Waals surface area (Å²) in [5.74, 6) is 1.72. The number of aromatic nitrogens is 3. The van der Waals surface area contributed by atoms with Crippen molar-refractivity contribution in [1.82, 2.24) is 15.0 Å². The molecule has 0 saturated heterocycles. The number of benzene rings is 11. The minimum absolute atomic E-state index is 0.559. The molecule has 0 N–H and O–H groups in total. The molecule has 75 heavy (non-hydrogen) atoms. The zero-order valence-electron chi connectivity index (χ0n) is 40.5. The van der Waals surface area contributed by atoms with Crippen molar-refractivity contribution in [2.24, 2.45) is 0 Å². The molecule has 14 rings (SSSR count). The Morgan fingerprint density at radius 1 is 0.240 bits per heavy atom. The molecule has 0 saturated carbocycles. The van der Waals surface area contributed by atoms with Gasteiger partial charge in [0.15, 0.2) is 17.5 Å². The summed E-state index contributed by atoms with van der Waals surface area (Å²) in [5, 5.41) is 4.22. The molecule has 3 heterocycles. The third kappa shape index (κ3) is 8.08. The summed E-state index contributed by atoms with van der Waals surface area (Å²) >= 11 is 0. The van der Waals surface area contributed by atoms with Gasteiger partial charge in [-0.3, -0.25) is 0 Å². The number of rotatable bonds is 10. The standard InChI is InChI=1S/C69H44N4O2/c1-6-18-45(19-7-1)47-30-34-51(35-31-47)67-70-68(52-36-32-48(33-37-52)46-20-8-2-9-21-46)72-69(71-67)53-40-58(49-22-10-3-11-23-49)66(59(41-53)50-24-12-4-13-25-50)73(54-26-14-5-15-27-54)55-38-39-57-61-43-60-56-28-16-17-29-62(56)74-64(60)44-65(61)75-63(57)42-55/h1-44H. The van der Waals surface area contributed by atoms with Crippen molar-refractivity contribution < 1.29 is 8.83 Å². The summed E-state index contributed by atoms with van der Waals surface area (Å²) in [7, 11) is 0. The third-order valence-corrected chi connectivity index (χ3v) is 14.1. The molecule has 0 amide bonds. The van der Waals surface area contributed by atoms with Crippen LogP contribution in [-0.4, -0.2) is 15.0 Å². The number of para-hydroxylation sites is 2. The lowest BCUT2D eigenvalue weighted by Crippen LogP contribution is -2.13. The zero-order chi connectivity index (χ0) is 49.7. The first-order valence-corrected chi connectivity index (χ1v) is 25.1. The fourth-order valence-corrected chi connectivity index (χ4v) is 10.4. The monoisotopic (exact) mass is 960 g/mol. The highest BCUT2D eigenvalue weighted by Gasteiger charge is 2.26. The number of nitrogens with zero attached hydrogens (tertiary/aromatic N) is 4. The van der Waals surface area contributed by atoms with Gasteiger partial charge in [0.25, 0.3) is 0 Å². The molecule has 0 aliphatic carbocycles. The predicted molar refractivity (Wildman–Crippen MR) is 307 cm³/mol. The molecule has 0 radical (unpaired) electrons. The average molecular weight is 961 g/mol.